The van der Waals surface area contributed by atoms with Crippen molar-refractivity contribution in [3.8, 4) is 0 Å². The lowest BCUT2D eigenvalue weighted by molar-refractivity contribution is -0.117. The van der Waals surface area contributed by atoms with Gasteiger partial charge < -0.3 is 11.1 Å². The standard InChI is InChI=1S/C16H19N3O2S2/c1-9-10(2)23-14(19-9)8-18-16(21)12-6-4-5-7-13(12)22-11(3)15(17)20/h4-7,11H,8H2,1-3H3,(H2,17,20)(H,18,21)/t11-/m1/s1. The van der Waals surface area contributed by atoms with E-state index in [1.54, 1.807) is 30.4 Å². The molecule has 0 fully saturated rings. The number of aromatic nitrogens is 1. The van der Waals surface area contributed by atoms with Gasteiger partial charge in [-0.25, -0.2) is 4.98 Å². The second-order valence-corrected chi connectivity index (χ2v) is 7.76. The predicted molar refractivity (Wildman–Crippen MR) is 93.7 cm³/mol. The lowest BCUT2D eigenvalue weighted by atomic mass is 10.2. The molecule has 1 aromatic carbocycles. The van der Waals surface area contributed by atoms with Crippen LogP contribution in [-0.2, 0) is 11.3 Å². The molecule has 1 atom stereocenters. The van der Waals surface area contributed by atoms with Crippen LogP contribution in [0.4, 0.5) is 0 Å². The zero-order chi connectivity index (χ0) is 17.0. The van der Waals surface area contributed by atoms with Crippen molar-refractivity contribution in [2.24, 2.45) is 5.73 Å². The fraction of sp³-hybridized carbons (Fsp3) is 0.312. The van der Waals surface area contributed by atoms with Gasteiger partial charge in [-0.05, 0) is 32.9 Å². The van der Waals surface area contributed by atoms with Crippen LogP contribution in [0, 0.1) is 13.8 Å². The zero-order valence-electron chi connectivity index (χ0n) is 13.3. The molecule has 0 unspecified atom stereocenters. The molecular formula is C16H19N3O2S2. The first-order valence-electron chi connectivity index (χ1n) is 7.14. The highest BCUT2D eigenvalue weighted by Crippen LogP contribution is 2.26. The van der Waals surface area contributed by atoms with E-state index in [1.807, 2.05) is 26.0 Å². The highest BCUT2D eigenvalue weighted by Gasteiger charge is 2.17. The number of carbonyl (C=O) groups excluding carboxylic acids is 2. The molecule has 0 radical (unpaired) electrons. The van der Waals surface area contributed by atoms with Crippen molar-refractivity contribution in [1.82, 2.24) is 10.3 Å². The van der Waals surface area contributed by atoms with Crippen LogP contribution in [0.25, 0.3) is 0 Å². The van der Waals surface area contributed by atoms with Crippen LogP contribution in [-0.4, -0.2) is 22.0 Å². The summed E-state index contributed by atoms with van der Waals surface area (Å²) in [5.41, 5.74) is 6.82. The predicted octanol–water partition coefficient (Wildman–Crippen LogP) is 2.66. The minimum absolute atomic E-state index is 0.185. The van der Waals surface area contributed by atoms with Gasteiger partial charge in [0.25, 0.3) is 5.91 Å². The third kappa shape index (κ3) is 4.56. The Morgan fingerprint density at radius 3 is 2.65 bits per heavy atom. The molecule has 0 spiro atoms. The van der Waals surface area contributed by atoms with Crippen molar-refractivity contribution < 1.29 is 9.59 Å². The second kappa shape index (κ2) is 7.61. The molecule has 2 amide bonds. The highest BCUT2D eigenvalue weighted by atomic mass is 32.2. The summed E-state index contributed by atoms with van der Waals surface area (Å²) in [5, 5.41) is 3.36. The molecule has 3 N–H and O–H groups in total. The number of nitrogens with one attached hydrogen (secondary N) is 1. The van der Waals surface area contributed by atoms with Gasteiger partial charge in [-0.1, -0.05) is 12.1 Å². The van der Waals surface area contributed by atoms with Crippen LogP contribution in [0.15, 0.2) is 29.2 Å². The van der Waals surface area contributed by atoms with Gasteiger partial charge in [0.05, 0.1) is 23.1 Å². The highest BCUT2D eigenvalue weighted by molar-refractivity contribution is 8.00. The first kappa shape index (κ1) is 17.5. The fourth-order valence-electron chi connectivity index (χ4n) is 1.87. The first-order valence-corrected chi connectivity index (χ1v) is 8.84. The maximum absolute atomic E-state index is 12.4. The number of hydrogen-bond acceptors (Lipinski definition) is 5. The van der Waals surface area contributed by atoms with Crippen LogP contribution in [0.5, 0.6) is 0 Å². The Bertz CT molecular complexity index is 708. The van der Waals surface area contributed by atoms with E-state index in [9.17, 15) is 9.59 Å². The van der Waals surface area contributed by atoms with E-state index < -0.39 is 11.2 Å². The van der Waals surface area contributed by atoms with Crippen molar-refractivity contribution in [2.75, 3.05) is 0 Å². The SMILES string of the molecule is Cc1nc(CNC(=O)c2ccccc2S[C@H](C)C(N)=O)sc1C. The number of benzene rings is 1. The Morgan fingerprint density at radius 1 is 1.35 bits per heavy atom. The van der Waals surface area contributed by atoms with E-state index in [4.69, 9.17) is 5.73 Å². The van der Waals surface area contributed by atoms with Gasteiger partial charge in [0.1, 0.15) is 5.01 Å². The number of thioether (sulfide) groups is 1. The largest absolute Gasteiger partial charge is 0.369 e. The molecule has 23 heavy (non-hydrogen) atoms. The molecule has 2 aromatic rings. The smallest absolute Gasteiger partial charge is 0.252 e. The molecule has 1 aromatic heterocycles. The zero-order valence-corrected chi connectivity index (χ0v) is 14.9. The van der Waals surface area contributed by atoms with Crippen LogP contribution < -0.4 is 11.1 Å². The lowest BCUT2D eigenvalue weighted by Gasteiger charge is -2.11. The van der Waals surface area contributed by atoms with Crippen molar-refractivity contribution in [1.29, 1.82) is 0 Å². The van der Waals surface area contributed by atoms with Crippen LogP contribution in [0.1, 0.15) is 32.9 Å². The molecule has 0 aliphatic carbocycles. The normalized spacial score (nSPS) is 12.0. The van der Waals surface area contributed by atoms with E-state index in [1.165, 1.54) is 11.8 Å². The molecule has 0 saturated heterocycles. The van der Waals surface area contributed by atoms with E-state index in [0.29, 0.717) is 12.1 Å². The average molecular weight is 349 g/mol. The molecule has 122 valence electrons. The maximum atomic E-state index is 12.4. The molecule has 0 bridgehead atoms. The molecule has 2 rings (SSSR count). The van der Waals surface area contributed by atoms with Gasteiger partial charge in [-0.2, -0.15) is 0 Å². The molecule has 5 nitrogen and oxygen atoms in total. The molecule has 1 heterocycles. The summed E-state index contributed by atoms with van der Waals surface area (Å²) in [5.74, 6) is -0.589. The van der Waals surface area contributed by atoms with Gasteiger partial charge in [0.15, 0.2) is 0 Å². The van der Waals surface area contributed by atoms with Crippen molar-refractivity contribution >= 4 is 34.9 Å². The van der Waals surface area contributed by atoms with E-state index in [0.717, 1.165) is 20.5 Å². The summed E-state index contributed by atoms with van der Waals surface area (Å²) in [4.78, 5) is 29.9. The summed E-state index contributed by atoms with van der Waals surface area (Å²) < 4.78 is 0. The third-order valence-electron chi connectivity index (χ3n) is 3.31. The summed E-state index contributed by atoms with van der Waals surface area (Å²) in [6, 6.07) is 7.19. The number of amides is 2. The van der Waals surface area contributed by atoms with Crippen LogP contribution in [0.3, 0.4) is 0 Å². The minimum atomic E-state index is -0.404. The van der Waals surface area contributed by atoms with Gasteiger partial charge in [0.2, 0.25) is 5.91 Å². The summed E-state index contributed by atoms with van der Waals surface area (Å²) in [6.45, 7) is 6.08. The lowest BCUT2D eigenvalue weighted by Crippen LogP contribution is -2.25. The Kier molecular flexibility index (Phi) is 5.79. The van der Waals surface area contributed by atoms with Crippen LogP contribution in [0.2, 0.25) is 0 Å². The number of hydrogen-bond donors (Lipinski definition) is 2. The van der Waals surface area contributed by atoms with E-state index in [2.05, 4.69) is 10.3 Å². The number of nitrogens with two attached hydrogens (primary N) is 1. The van der Waals surface area contributed by atoms with Gasteiger partial charge in [-0.15, -0.1) is 23.1 Å². The van der Waals surface area contributed by atoms with Gasteiger partial charge in [0, 0.05) is 9.77 Å². The molecular weight excluding hydrogens is 330 g/mol. The topological polar surface area (TPSA) is 85.1 Å². The minimum Gasteiger partial charge on any atom is -0.369 e. The number of rotatable bonds is 6. The number of nitrogens with zero attached hydrogens (tertiary/aromatic N) is 1. The molecule has 7 heteroatoms. The van der Waals surface area contributed by atoms with E-state index in [-0.39, 0.29) is 5.91 Å². The van der Waals surface area contributed by atoms with Crippen molar-refractivity contribution in [3.05, 3.63) is 45.4 Å². The number of aryl methyl sites for hydroxylation is 2. The second-order valence-electron chi connectivity index (χ2n) is 5.09. The van der Waals surface area contributed by atoms with Crippen molar-refractivity contribution in [2.45, 2.75) is 37.5 Å². The Morgan fingerprint density at radius 2 is 2.04 bits per heavy atom. The quantitative estimate of drug-likeness (QED) is 0.785. The summed E-state index contributed by atoms with van der Waals surface area (Å²) in [7, 11) is 0. The maximum Gasteiger partial charge on any atom is 0.252 e. The van der Waals surface area contributed by atoms with E-state index >= 15 is 0 Å². The summed E-state index contributed by atoms with van der Waals surface area (Å²) >= 11 is 2.86. The Balaban J connectivity index is 2.08. The molecule has 0 aliphatic heterocycles. The van der Waals surface area contributed by atoms with Gasteiger partial charge >= 0.3 is 0 Å². The monoisotopic (exact) mass is 349 g/mol. The van der Waals surface area contributed by atoms with Crippen LogP contribution >= 0.6 is 23.1 Å². The number of primary amides is 1. The average Bonchev–Trinajstić information content (AvgIpc) is 2.84. The fourth-order valence-corrected chi connectivity index (χ4v) is 3.69. The number of carbonyl (C=O) groups is 2. The summed E-state index contributed by atoms with van der Waals surface area (Å²) in [6.07, 6.45) is 0. The first-order chi connectivity index (χ1) is 10.9. The van der Waals surface area contributed by atoms with Gasteiger partial charge in [-0.3, -0.25) is 9.59 Å². The number of thiazole rings is 1. The third-order valence-corrected chi connectivity index (χ3v) is 5.58. The van der Waals surface area contributed by atoms with Crippen molar-refractivity contribution in [3.63, 3.8) is 0 Å². The molecule has 0 saturated carbocycles. The Hall–Kier alpha value is -1.86. The molecule has 0 aliphatic rings. The Labute approximate surface area is 143 Å².